The third kappa shape index (κ3) is 2.33. The van der Waals surface area contributed by atoms with Gasteiger partial charge in [0.05, 0.1) is 16.7 Å². The first-order valence-electron chi connectivity index (χ1n) is 4.70. The van der Waals surface area contributed by atoms with E-state index in [1.54, 1.807) is 0 Å². The van der Waals surface area contributed by atoms with Gasteiger partial charge in [0.25, 0.3) is 0 Å². The number of alkyl halides is 1. The van der Waals surface area contributed by atoms with E-state index < -0.39 is 17.5 Å². The number of rotatable bonds is 2. The maximum absolute atomic E-state index is 13.4. The summed E-state index contributed by atoms with van der Waals surface area (Å²) >= 11 is 3.27. The Morgan fingerprint density at radius 1 is 1.18 bits per heavy atom. The molecule has 17 heavy (non-hydrogen) atoms. The molecule has 3 nitrogen and oxygen atoms in total. The number of hydrogen-bond donors (Lipinski definition) is 0. The first kappa shape index (κ1) is 12.1. The van der Waals surface area contributed by atoms with Crippen LogP contribution in [0.4, 0.5) is 13.2 Å². The molecule has 2 rings (SSSR count). The maximum atomic E-state index is 13.4. The van der Waals surface area contributed by atoms with Gasteiger partial charge in [0.2, 0.25) is 0 Å². The van der Waals surface area contributed by atoms with E-state index >= 15 is 0 Å². The van der Waals surface area contributed by atoms with Crippen molar-refractivity contribution in [3.05, 3.63) is 41.5 Å². The minimum atomic E-state index is -1.24. The highest BCUT2D eigenvalue weighted by molar-refractivity contribution is 9.09. The molecular weight excluding hydrogens is 299 g/mol. The van der Waals surface area contributed by atoms with Crippen LogP contribution in [0, 0.1) is 17.5 Å². The molecule has 0 N–H and O–H groups in total. The van der Waals surface area contributed by atoms with Crippen molar-refractivity contribution in [2.45, 2.75) is 11.8 Å². The second kappa shape index (κ2) is 4.48. The molecule has 0 bridgehead atoms. The smallest absolute Gasteiger partial charge is 0.161 e. The lowest BCUT2D eigenvalue weighted by Crippen LogP contribution is -2.01. The van der Waals surface area contributed by atoms with Crippen LogP contribution >= 0.6 is 15.9 Å². The first-order chi connectivity index (χ1) is 7.99. The molecule has 1 heterocycles. The molecule has 0 saturated heterocycles. The average Bonchev–Trinajstić information content (AvgIpc) is 2.72. The zero-order valence-electron chi connectivity index (χ0n) is 8.66. The molecule has 0 fully saturated rings. The summed E-state index contributed by atoms with van der Waals surface area (Å²) in [7, 11) is 0. The van der Waals surface area contributed by atoms with Crippen molar-refractivity contribution in [3.63, 3.8) is 0 Å². The number of nitrogens with zero attached hydrogens (tertiary/aromatic N) is 3. The fourth-order valence-corrected chi connectivity index (χ4v) is 1.47. The van der Waals surface area contributed by atoms with Gasteiger partial charge in [0, 0.05) is 12.1 Å². The Bertz CT molecular complexity index is 554. The van der Waals surface area contributed by atoms with Gasteiger partial charge in [-0.1, -0.05) is 21.1 Å². The Morgan fingerprint density at radius 3 is 2.41 bits per heavy atom. The van der Waals surface area contributed by atoms with Crippen LogP contribution in [0.3, 0.4) is 0 Å². The van der Waals surface area contributed by atoms with Crippen LogP contribution in [0.15, 0.2) is 18.3 Å². The molecule has 2 aromatic rings. The normalized spacial score (nSPS) is 12.8. The molecule has 1 unspecified atom stereocenters. The fraction of sp³-hybridized carbons (Fsp3) is 0.200. The van der Waals surface area contributed by atoms with Gasteiger partial charge in [-0.15, -0.1) is 5.10 Å². The van der Waals surface area contributed by atoms with Crippen LogP contribution < -0.4 is 0 Å². The van der Waals surface area contributed by atoms with Gasteiger partial charge < -0.3 is 0 Å². The molecule has 1 atom stereocenters. The maximum Gasteiger partial charge on any atom is 0.161 e. The minimum Gasteiger partial charge on any atom is -0.217 e. The number of hydrogen-bond acceptors (Lipinski definition) is 2. The van der Waals surface area contributed by atoms with Crippen molar-refractivity contribution >= 4 is 15.9 Å². The van der Waals surface area contributed by atoms with Crippen LogP contribution in [0.2, 0.25) is 0 Å². The molecule has 0 saturated carbocycles. The number of halogens is 4. The van der Waals surface area contributed by atoms with Gasteiger partial charge in [-0.3, -0.25) is 0 Å². The quantitative estimate of drug-likeness (QED) is 0.630. The Morgan fingerprint density at radius 2 is 1.82 bits per heavy atom. The predicted octanol–water partition coefficient (Wildman–Crippen LogP) is 3.14. The van der Waals surface area contributed by atoms with E-state index in [9.17, 15) is 13.2 Å². The summed E-state index contributed by atoms with van der Waals surface area (Å²) in [5, 5.41) is 7.42. The van der Waals surface area contributed by atoms with E-state index in [-0.39, 0.29) is 10.5 Å². The van der Waals surface area contributed by atoms with Crippen LogP contribution in [-0.4, -0.2) is 15.0 Å². The largest absolute Gasteiger partial charge is 0.217 e. The fourth-order valence-electron chi connectivity index (χ4n) is 1.26. The Kier molecular flexibility index (Phi) is 3.19. The van der Waals surface area contributed by atoms with E-state index in [2.05, 4.69) is 26.2 Å². The van der Waals surface area contributed by atoms with Gasteiger partial charge in [-0.2, -0.15) is 0 Å². The molecule has 0 aliphatic rings. The van der Waals surface area contributed by atoms with Crippen molar-refractivity contribution in [2.24, 2.45) is 0 Å². The minimum absolute atomic E-state index is 0.0652. The lowest BCUT2D eigenvalue weighted by Gasteiger charge is -2.02. The van der Waals surface area contributed by atoms with Gasteiger partial charge in [0.15, 0.2) is 17.5 Å². The van der Waals surface area contributed by atoms with Crippen LogP contribution in [-0.2, 0) is 0 Å². The van der Waals surface area contributed by atoms with E-state index in [1.165, 1.54) is 6.20 Å². The van der Waals surface area contributed by atoms with Crippen molar-refractivity contribution < 1.29 is 13.2 Å². The molecule has 0 radical (unpaired) electrons. The molecular formula is C10H7BrF3N3. The van der Waals surface area contributed by atoms with Gasteiger partial charge in [-0.25, -0.2) is 17.9 Å². The van der Waals surface area contributed by atoms with Crippen molar-refractivity contribution in [2.75, 3.05) is 0 Å². The molecule has 7 heteroatoms. The molecule has 0 aliphatic carbocycles. The summed E-state index contributed by atoms with van der Waals surface area (Å²) in [6, 6.07) is 1.21. The third-order valence-electron chi connectivity index (χ3n) is 2.16. The third-order valence-corrected chi connectivity index (χ3v) is 2.62. The summed E-state index contributed by atoms with van der Waals surface area (Å²) in [6.45, 7) is 1.82. The second-order valence-corrected chi connectivity index (χ2v) is 4.80. The topological polar surface area (TPSA) is 30.7 Å². The molecule has 1 aromatic heterocycles. The SMILES string of the molecule is CC(Br)c1cn(-c2cc(F)c(F)cc2F)nn1. The second-order valence-electron chi connectivity index (χ2n) is 3.42. The summed E-state index contributed by atoms with van der Waals surface area (Å²) in [5.74, 6) is -3.27. The van der Waals surface area contributed by atoms with E-state index in [0.29, 0.717) is 11.8 Å². The Balaban J connectivity index is 2.49. The summed E-state index contributed by atoms with van der Waals surface area (Å²) in [4.78, 5) is -0.0652. The van der Waals surface area contributed by atoms with Crippen LogP contribution in [0.25, 0.3) is 5.69 Å². The molecule has 0 spiro atoms. The highest BCUT2D eigenvalue weighted by Crippen LogP contribution is 2.21. The van der Waals surface area contributed by atoms with Crippen LogP contribution in [0.5, 0.6) is 0 Å². The van der Waals surface area contributed by atoms with Crippen molar-refractivity contribution in [1.82, 2.24) is 15.0 Å². The molecule has 0 aliphatic heterocycles. The molecule has 1 aromatic carbocycles. The van der Waals surface area contributed by atoms with E-state index in [0.717, 1.165) is 10.7 Å². The van der Waals surface area contributed by atoms with Crippen molar-refractivity contribution in [3.8, 4) is 5.69 Å². The zero-order chi connectivity index (χ0) is 12.6. The molecule has 90 valence electrons. The number of benzene rings is 1. The molecule has 0 amide bonds. The van der Waals surface area contributed by atoms with Gasteiger partial charge in [0.1, 0.15) is 5.69 Å². The average molecular weight is 306 g/mol. The summed E-state index contributed by atoms with van der Waals surface area (Å²) in [5.41, 5.74) is 0.380. The monoisotopic (exact) mass is 305 g/mol. The Labute approximate surface area is 103 Å². The summed E-state index contributed by atoms with van der Waals surface area (Å²) < 4.78 is 40.2. The van der Waals surface area contributed by atoms with E-state index in [1.807, 2.05) is 6.92 Å². The first-order valence-corrected chi connectivity index (χ1v) is 5.62. The summed E-state index contributed by atoms with van der Waals surface area (Å²) in [6.07, 6.45) is 1.44. The lowest BCUT2D eigenvalue weighted by atomic mass is 10.3. The standard InChI is InChI=1S/C10H7BrF3N3/c1-5(11)9-4-17(16-15-9)10-3-7(13)6(12)2-8(10)14/h2-5H,1H3. The van der Waals surface area contributed by atoms with Gasteiger partial charge in [-0.05, 0) is 6.92 Å². The number of aromatic nitrogens is 3. The highest BCUT2D eigenvalue weighted by atomic mass is 79.9. The predicted molar refractivity (Wildman–Crippen MR) is 58.6 cm³/mol. The highest BCUT2D eigenvalue weighted by Gasteiger charge is 2.14. The van der Waals surface area contributed by atoms with E-state index in [4.69, 9.17) is 0 Å². The lowest BCUT2D eigenvalue weighted by molar-refractivity contribution is 0.491. The Hall–Kier alpha value is -1.37. The van der Waals surface area contributed by atoms with Gasteiger partial charge >= 0.3 is 0 Å². The van der Waals surface area contributed by atoms with Crippen molar-refractivity contribution in [1.29, 1.82) is 0 Å². The zero-order valence-corrected chi connectivity index (χ0v) is 10.2. The van der Waals surface area contributed by atoms with Crippen LogP contribution in [0.1, 0.15) is 17.4 Å².